The highest BCUT2D eigenvalue weighted by Gasteiger charge is 2.17. The van der Waals surface area contributed by atoms with Crippen LogP contribution in [0.15, 0.2) is 42.5 Å². The number of likely N-dealkylation sites (N-methyl/N-ethyl adjacent to an activating group) is 1. The van der Waals surface area contributed by atoms with Crippen molar-refractivity contribution in [2.75, 3.05) is 25.2 Å². The Morgan fingerprint density at radius 2 is 1.72 bits per heavy atom. The quantitative estimate of drug-likeness (QED) is 0.800. The number of nitrogens with zero attached hydrogens (tertiary/aromatic N) is 1. The first-order valence-corrected chi connectivity index (χ1v) is 9.70. The van der Waals surface area contributed by atoms with E-state index in [0.29, 0.717) is 27.2 Å². The van der Waals surface area contributed by atoms with E-state index in [-0.39, 0.29) is 6.54 Å². The fourth-order valence-electron chi connectivity index (χ4n) is 1.83. The molecule has 25 heavy (non-hydrogen) atoms. The van der Waals surface area contributed by atoms with Crippen molar-refractivity contribution in [3.8, 4) is 11.5 Å². The van der Waals surface area contributed by atoms with Crippen LogP contribution in [0.4, 0.5) is 5.69 Å². The Morgan fingerprint density at radius 1 is 1.12 bits per heavy atom. The smallest absolute Gasteiger partial charge is 0.239 e. The lowest BCUT2D eigenvalue weighted by molar-refractivity contribution is -0.116. The zero-order chi connectivity index (χ0) is 18.6. The van der Waals surface area contributed by atoms with Gasteiger partial charge >= 0.3 is 0 Å². The summed E-state index contributed by atoms with van der Waals surface area (Å²) in [5.41, 5.74) is 0.328. The number of nitrogens with one attached hydrogen (secondary N) is 1. The molecule has 0 atom stereocenters. The SMILES string of the molecule is CN(CC(=O)Nc1cc(Cl)ccc1Oc1ccc(Cl)cc1)S(C)(=O)=O. The Kier molecular flexibility index (Phi) is 6.29. The van der Waals surface area contributed by atoms with Gasteiger partial charge in [-0.05, 0) is 42.5 Å². The minimum absolute atomic E-state index is 0.328. The van der Waals surface area contributed by atoms with Gasteiger partial charge in [-0.3, -0.25) is 4.79 Å². The molecule has 0 saturated heterocycles. The van der Waals surface area contributed by atoms with Gasteiger partial charge in [-0.2, -0.15) is 4.31 Å². The summed E-state index contributed by atoms with van der Waals surface area (Å²) in [5, 5.41) is 3.57. The molecule has 0 spiro atoms. The third-order valence-corrected chi connectivity index (χ3v) is 4.94. The minimum atomic E-state index is -3.46. The molecule has 0 fully saturated rings. The maximum absolute atomic E-state index is 12.1. The summed E-state index contributed by atoms with van der Waals surface area (Å²) in [6, 6.07) is 11.4. The lowest BCUT2D eigenvalue weighted by Gasteiger charge is -2.16. The first kappa shape index (κ1) is 19.5. The first-order valence-electron chi connectivity index (χ1n) is 7.09. The Hall–Kier alpha value is -1.80. The van der Waals surface area contributed by atoms with Crippen molar-refractivity contribution in [1.82, 2.24) is 4.31 Å². The lowest BCUT2D eigenvalue weighted by atomic mass is 10.2. The van der Waals surface area contributed by atoms with Gasteiger partial charge in [0, 0.05) is 17.1 Å². The summed E-state index contributed by atoms with van der Waals surface area (Å²) in [6.07, 6.45) is 1.02. The molecule has 0 aliphatic carbocycles. The topological polar surface area (TPSA) is 75.7 Å². The number of carbonyl (C=O) groups is 1. The average molecular weight is 403 g/mol. The van der Waals surface area contributed by atoms with E-state index < -0.39 is 15.9 Å². The van der Waals surface area contributed by atoms with Crippen molar-refractivity contribution in [2.24, 2.45) is 0 Å². The van der Waals surface area contributed by atoms with E-state index in [2.05, 4.69) is 5.32 Å². The van der Waals surface area contributed by atoms with Gasteiger partial charge in [0.25, 0.3) is 0 Å². The van der Waals surface area contributed by atoms with E-state index in [9.17, 15) is 13.2 Å². The van der Waals surface area contributed by atoms with Crippen molar-refractivity contribution in [3.63, 3.8) is 0 Å². The van der Waals surface area contributed by atoms with Crippen LogP contribution in [-0.2, 0) is 14.8 Å². The Labute approximate surface area is 156 Å². The molecule has 1 amide bonds. The number of benzene rings is 2. The highest BCUT2D eigenvalue weighted by Crippen LogP contribution is 2.32. The molecule has 0 saturated carbocycles. The zero-order valence-electron chi connectivity index (χ0n) is 13.5. The molecule has 0 aliphatic rings. The average Bonchev–Trinajstić information content (AvgIpc) is 2.51. The molecule has 0 aliphatic heterocycles. The molecule has 0 radical (unpaired) electrons. The van der Waals surface area contributed by atoms with Crippen LogP contribution in [0.2, 0.25) is 10.0 Å². The number of rotatable bonds is 6. The fourth-order valence-corrected chi connectivity index (χ4v) is 2.48. The van der Waals surface area contributed by atoms with E-state index in [1.807, 2.05) is 0 Å². The van der Waals surface area contributed by atoms with Gasteiger partial charge in [0.1, 0.15) is 5.75 Å². The van der Waals surface area contributed by atoms with Crippen LogP contribution in [0.5, 0.6) is 11.5 Å². The van der Waals surface area contributed by atoms with E-state index in [1.165, 1.54) is 13.1 Å². The highest BCUT2D eigenvalue weighted by atomic mass is 35.5. The van der Waals surface area contributed by atoms with Gasteiger partial charge in [-0.15, -0.1) is 0 Å². The molecule has 134 valence electrons. The van der Waals surface area contributed by atoms with Crippen LogP contribution < -0.4 is 10.1 Å². The van der Waals surface area contributed by atoms with Crippen LogP contribution in [0.1, 0.15) is 0 Å². The second kappa shape index (κ2) is 8.05. The van der Waals surface area contributed by atoms with Gasteiger partial charge in [-0.1, -0.05) is 23.2 Å². The van der Waals surface area contributed by atoms with Gasteiger partial charge in [0.15, 0.2) is 5.75 Å². The van der Waals surface area contributed by atoms with Crippen LogP contribution in [0, 0.1) is 0 Å². The number of carbonyl (C=O) groups excluding carboxylic acids is 1. The number of amides is 1. The van der Waals surface area contributed by atoms with Gasteiger partial charge in [-0.25, -0.2) is 8.42 Å². The largest absolute Gasteiger partial charge is 0.455 e. The van der Waals surface area contributed by atoms with Gasteiger partial charge < -0.3 is 10.1 Å². The number of hydrogen-bond donors (Lipinski definition) is 1. The second-order valence-electron chi connectivity index (χ2n) is 5.26. The van der Waals surface area contributed by atoms with Gasteiger partial charge in [0.05, 0.1) is 18.5 Å². The van der Waals surface area contributed by atoms with Crippen molar-refractivity contribution < 1.29 is 17.9 Å². The van der Waals surface area contributed by atoms with Crippen molar-refractivity contribution in [1.29, 1.82) is 0 Å². The summed E-state index contributed by atoms with van der Waals surface area (Å²) in [5.74, 6) is 0.369. The predicted molar refractivity (Wildman–Crippen MR) is 99.1 cm³/mol. The standard InChI is InChI=1S/C16H16Cl2N2O4S/c1-20(25(2,22)23)10-16(21)19-14-9-12(18)5-8-15(14)24-13-6-3-11(17)4-7-13/h3-9H,10H2,1-2H3,(H,19,21). The third kappa shape index (κ3) is 5.89. The molecular weight excluding hydrogens is 387 g/mol. The summed E-state index contributed by atoms with van der Waals surface area (Å²) >= 11 is 11.8. The zero-order valence-corrected chi connectivity index (χ0v) is 15.8. The van der Waals surface area contributed by atoms with Crippen LogP contribution in [-0.4, -0.2) is 38.5 Å². The number of sulfonamides is 1. The molecule has 6 nitrogen and oxygen atoms in total. The van der Waals surface area contributed by atoms with E-state index in [0.717, 1.165) is 10.6 Å². The molecule has 9 heteroatoms. The Balaban J connectivity index is 2.18. The normalized spacial score (nSPS) is 11.4. The minimum Gasteiger partial charge on any atom is -0.455 e. The lowest BCUT2D eigenvalue weighted by Crippen LogP contribution is -2.34. The third-order valence-electron chi connectivity index (χ3n) is 3.19. The molecule has 2 aromatic rings. The van der Waals surface area contributed by atoms with Crippen LogP contribution in [0.3, 0.4) is 0 Å². The summed E-state index contributed by atoms with van der Waals surface area (Å²) in [7, 11) is -2.14. The molecule has 0 unspecified atom stereocenters. The molecule has 0 bridgehead atoms. The second-order valence-corrected chi connectivity index (χ2v) is 8.23. The summed E-state index contributed by atoms with van der Waals surface area (Å²) in [4.78, 5) is 12.1. The maximum atomic E-state index is 12.1. The molecule has 2 rings (SSSR count). The molecule has 1 N–H and O–H groups in total. The molecule has 0 heterocycles. The molecule has 0 aromatic heterocycles. The number of anilines is 1. The first-order chi connectivity index (χ1) is 11.6. The predicted octanol–water partition coefficient (Wildman–Crippen LogP) is 3.62. The Bertz CT molecular complexity index is 870. The van der Waals surface area contributed by atoms with E-state index in [4.69, 9.17) is 27.9 Å². The number of halogens is 2. The highest BCUT2D eigenvalue weighted by molar-refractivity contribution is 7.88. The van der Waals surface area contributed by atoms with Gasteiger partial charge in [0.2, 0.25) is 15.9 Å². The maximum Gasteiger partial charge on any atom is 0.239 e. The Morgan fingerprint density at radius 3 is 2.32 bits per heavy atom. The van der Waals surface area contributed by atoms with E-state index in [1.54, 1.807) is 36.4 Å². The van der Waals surface area contributed by atoms with Crippen LogP contribution in [0.25, 0.3) is 0 Å². The van der Waals surface area contributed by atoms with Crippen molar-refractivity contribution >= 4 is 44.8 Å². The molecular formula is C16H16Cl2N2O4S. The number of ether oxygens (including phenoxy) is 1. The van der Waals surface area contributed by atoms with Crippen molar-refractivity contribution in [3.05, 3.63) is 52.5 Å². The summed E-state index contributed by atoms with van der Waals surface area (Å²) < 4.78 is 29.5. The van der Waals surface area contributed by atoms with Crippen molar-refractivity contribution in [2.45, 2.75) is 0 Å². The van der Waals surface area contributed by atoms with E-state index >= 15 is 0 Å². The summed E-state index contributed by atoms with van der Waals surface area (Å²) in [6.45, 7) is -0.328. The number of hydrogen-bond acceptors (Lipinski definition) is 4. The fraction of sp³-hybridized carbons (Fsp3) is 0.188. The van der Waals surface area contributed by atoms with Crippen LogP contribution >= 0.6 is 23.2 Å². The monoisotopic (exact) mass is 402 g/mol. The molecule has 2 aromatic carbocycles.